The lowest BCUT2D eigenvalue weighted by atomic mass is 9.84. The zero-order valence-electron chi connectivity index (χ0n) is 31.1. The quantitative estimate of drug-likeness (QED) is 0.166. The van der Waals surface area contributed by atoms with Crippen molar-refractivity contribution in [1.82, 2.24) is 14.9 Å². The SMILES string of the molecule is COC(=O)N[C@H](C(=O)Nc1ccccc1CC[C@@H]1CN(C(=O)OC(C)(C)C)[C@H](C(=O)NS(=O)(=O)c2ccccc2)CO1)C(c1ccccc1)c1ccccc1. The summed E-state index contributed by atoms with van der Waals surface area (Å²) in [6.07, 6.45) is -1.37. The Balaban J connectivity index is 1.33. The molecule has 0 aromatic heterocycles. The standard InChI is InChI=1S/C41H46N4O9S/c1-41(2,3)54-40(49)45-26-31(53-27-34(45)37(46)44-55(50,51)32-21-12-7-13-22-32)25-24-28-16-14-15-23-33(28)42-38(47)36(43-39(48)52-4)35(29-17-8-5-9-18-29)30-19-10-6-11-20-30/h5-23,31,34-36H,24-27H2,1-4H3,(H,42,47)(H,43,48)(H,44,46)/t31-,34+,36+/m1/s1. The van der Waals surface area contributed by atoms with Gasteiger partial charge < -0.3 is 24.8 Å². The minimum Gasteiger partial charge on any atom is -0.453 e. The van der Waals surface area contributed by atoms with Gasteiger partial charge in [-0.15, -0.1) is 0 Å². The second-order valence-electron chi connectivity index (χ2n) is 14.0. The van der Waals surface area contributed by atoms with Gasteiger partial charge in [-0.3, -0.25) is 14.5 Å². The maximum absolute atomic E-state index is 14.2. The molecule has 1 aliphatic rings. The molecule has 4 aromatic rings. The van der Waals surface area contributed by atoms with E-state index in [1.165, 1.54) is 36.3 Å². The lowest BCUT2D eigenvalue weighted by molar-refractivity contribution is -0.135. The molecule has 1 fully saturated rings. The summed E-state index contributed by atoms with van der Waals surface area (Å²) >= 11 is 0. The molecule has 14 heteroatoms. The highest BCUT2D eigenvalue weighted by atomic mass is 32.2. The Morgan fingerprint density at radius 2 is 1.40 bits per heavy atom. The van der Waals surface area contributed by atoms with Crippen LogP contribution in [0.25, 0.3) is 0 Å². The minimum absolute atomic E-state index is 0.0616. The molecule has 55 heavy (non-hydrogen) atoms. The predicted molar refractivity (Wildman–Crippen MR) is 206 cm³/mol. The van der Waals surface area contributed by atoms with Gasteiger partial charge in [0.1, 0.15) is 17.7 Å². The van der Waals surface area contributed by atoms with Crippen molar-refractivity contribution in [2.45, 2.75) is 68.2 Å². The zero-order chi connectivity index (χ0) is 39.6. The number of benzene rings is 4. The summed E-state index contributed by atoms with van der Waals surface area (Å²) in [5, 5.41) is 5.76. The fourth-order valence-corrected chi connectivity index (χ4v) is 7.30. The van der Waals surface area contributed by atoms with Gasteiger partial charge in [-0.1, -0.05) is 97.1 Å². The highest BCUT2D eigenvalue weighted by Gasteiger charge is 2.40. The fourth-order valence-electron chi connectivity index (χ4n) is 6.26. The molecule has 1 heterocycles. The highest BCUT2D eigenvalue weighted by Crippen LogP contribution is 2.30. The van der Waals surface area contributed by atoms with Crippen molar-refractivity contribution >= 4 is 39.7 Å². The number of ether oxygens (including phenoxy) is 3. The number of carbonyl (C=O) groups excluding carboxylic acids is 4. The summed E-state index contributed by atoms with van der Waals surface area (Å²) in [4.78, 5) is 54.7. The first-order valence-electron chi connectivity index (χ1n) is 17.8. The Morgan fingerprint density at radius 3 is 1.98 bits per heavy atom. The van der Waals surface area contributed by atoms with Crippen molar-refractivity contribution in [1.29, 1.82) is 0 Å². The second-order valence-corrected chi connectivity index (χ2v) is 15.7. The average molecular weight is 771 g/mol. The van der Waals surface area contributed by atoms with Crippen molar-refractivity contribution in [2.75, 3.05) is 25.6 Å². The number of nitrogens with zero attached hydrogens (tertiary/aromatic N) is 1. The van der Waals surface area contributed by atoms with Gasteiger partial charge in [0.2, 0.25) is 5.91 Å². The molecule has 0 bridgehead atoms. The van der Waals surface area contributed by atoms with Gasteiger partial charge in [0.15, 0.2) is 0 Å². The van der Waals surface area contributed by atoms with Gasteiger partial charge in [0, 0.05) is 11.6 Å². The van der Waals surface area contributed by atoms with Crippen LogP contribution in [0.4, 0.5) is 15.3 Å². The van der Waals surface area contributed by atoms with Gasteiger partial charge in [0.25, 0.3) is 15.9 Å². The first-order chi connectivity index (χ1) is 26.3. The van der Waals surface area contributed by atoms with E-state index in [0.717, 1.165) is 16.7 Å². The summed E-state index contributed by atoms with van der Waals surface area (Å²) < 4.78 is 44.5. The molecule has 290 valence electrons. The summed E-state index contributed by atoms with van der Waals surface area (Å²) in [6.45, 7) is 4.73. The number of morpholine rings is 1. The molecule has 0 radical (unpaired) electrons. The number of aryl methyl sites for hydroxylation is 1. The van der Waals surface area contributed by atoms with Gasteiger partial charge in [0.05, 0.1) is 31.3 Å². The molecule has 0 spiro atoms. The molecule has 1 saturated heterocycles. The lowest BCUT2D eigenvalue weighted by Gasteiger charge is -2.39. The van der Waals surface area contributed by atoms with Crippen LogP contribution in [0.15, 0.2) is 120 Å². The number of carbonyl (C=O) groups is 4. The third-order valence-corrected chi connectivity index (χ3v) is 10.3. The average Bonchev–Trinajstić information content (AvgIpc) is 3.17. The number of nitrogens with one attached hydrogen (secondary N) is 3. The number of hydrogen-bond acceptors (Lipinski definition) is 9. The maximum atomic E-state index is 14.2. The van der Waals surface area contributed by atoms with E-state index in [-0.39, 0.29) is 18.0 Å². The molecule has 5 rings (SSSR count). The van der Waals surface area contributed by atoms with E-state index in [4.69, 9.17) is 14.2 Å². The topological polar surface area (TPSA) is 169 Å². The number of anilines is 1. The number of sulfonamides is 1. The van der Waals surface area contributed by atoms with E-state index in [1.54, 1.807) is 39.0 Å². The molecule has 4 amide bonds. The number of alkyl carbamates (subject to hydrolysis) is 1. The van der Waals surface area contributed by atoms with Crippen LogP contribution in [0, 0.1) is 0 Å². The van der Waals surface area contributed by atoms with E-state index in [9.17, 15) is 27.6 Å². The highest BCUT2D eigenvalue weighted by molar-refractivity contribution is 7.90. The van der Waals surface area contributed by atoms with Crippen LogP contribution in [0.2, 0.25) is 0 Å². The van der Waals surface area contributed by atoms with E-state index in [2.05, 4.69) is 15.4 Å². The Kier molecular flexibility index (Phi) is 13.3. The monoisotopic (exact) mass is 770 g/mol. The molecule has 0 unspecified atom stereocenters. The fraction of sp³-hybridized carbons (Fsp3) is 0.317. The van der Waals surface area contributed by atoms with Crippen molar-refractivity contribution in [3.05, 3.63) is 132 Å². The van der Waals surface area contributed by atoms with Gasteiger partial charge in [-0.05, 0) is 68.5 Å². The molecular weight excluding hydrogens is 725 g/mol. The van der Waals surface area contributed by atoms with E-state index in [1.807, 2.05) is 72.8 Å². The Labute approximate surface area is 321 Å². The Hall–Kier alpha value is -5.73. The summed E-state index contributed by atoms with van der Waals surface area (Å²) in [5.74, 6) is -1.96. The number of hydrogen-bond donors (Lipinski definition) is 3. The van der Waals surface area contributed by atoms with Gasteiger partial charge in [-0.2, -0.15) is 0 Å². The number of amides is 4. The first kappa shape index (κ1) is 40.5. The van der Waals surface area contributed by atoms with E-state index >= 15 is 0 Å². The zero-order valence-corrected chi connectivity index (χ0v) is 32.0. The molecule has 0 saturated carbocycles. The molecular formula is C41H46N4O9S. The van der Waals surface area contributed by atoms with E-state index < -0.39 is 63.7 Å². The van der Waals surface area contributed by atoms with Crippen LogP contribution in [0.5, 0.6) is 0 Å². The summed E-state index contributed by atoms with van der Waals surface area (Å²) in [6, 6.07) is 31.1. The van der Waals surface area contributed by atoms with Crippen molar-refractivity contribution in [2.24, 2.45) is 0 Å². The van der Waals surface area contributed by atoms with Crippen LogP contribution < -0.4 is 15.4 Å². The predicted octanol–water partition coefficient (Wildman–Crippen LogP) is 5.62. The van der Waals surface area contributed by atoms with Crippen LogP contribution in [0.1, 0.15) is 49.8 Å². The van der Waals surface area contributed by atoms with Gasteiger partial charge in [-0.25, -0.2) is 22.7 Å². The summed E-state index contributed by atoms with van der Waals surface area (Å²) in [7, 11) is -2.98. The first-order valence-corrected chi connectivity index (χ1v) is 19.3. The largest absolute Gasteiger partial charge is 0.453 e. The Bertz CT molecular complexity index is 2000. The van der Waals surface area contributed by atoms with Crippen LogP contribution in [-0.2, 0) is 40.2 Å². The second kappa shape index (κ2) is 18.1. The number of para-hydroxylation sites is 1. The van der Waals surface area contributed by atoms with Crippen molar-refractivity contribution < 1.29 is 41.8 Å². The van der Waals surface area contributed by atoms with E-state index in [0.29, 0.717) is 18.5 Å². The third-order valence-electron chi connectivity index (χ3n) is 8.89. The van der Waals surface area contributed by atoms with Crippen molar-refractivity contribution in [3.8, 4) is 0 Å². The smallest absolute Gasteiger partial charge is 0.411 e. The Morgan fingerprint density at radius 1 is 0.836 bits per heavy atom. The van der Waals surface area contributed by atoms with Crippen molar-refractivity contribution in [3.63, 3.8) is 0 Å². The summed E-state index contributed by atoms with van der Waals surface area (Å²) in [5.41, 5.74) is 2.00. The lowest BCUT2D eigenvalue weighted by Crippen LogP contribution is -2.59. The molecule has 3 N–H and O–H groups in total. The normalized spacial score (nSPS) is 16.4. The molecule has 13 nitrogen and oxygen atoms in total. The number of rotatable bonds is 12. The molecule has 3 atom stereocenters. The van der Waals surface area contributed by atoms with Crippen LogP contribution in [0.3, 0.4) is 0 Å². The van der Waals surface area contributed by atoms with Crippen LogP contribution in [-0.4, -0.2) is 81.4 Å². The van der Waals surface area contributed by atoms with Gasteiger partial charge >= 0.3 is 12.2 Å². The third kappa shape index (κ3) is 10.9. The minimum atomic E-state index is -4.22. The molecule has 1 aliphatic heterocycles. The maximum Gasteiger partial charge on any atom is 0.411 e. The molecule has 0 aliphatic carbocycles. The number of methoxy groups -OCH3 is 1. The molecule has 4 aromatic carbocycles. The van der Waals surface area contributed by atoms with Crippen LogP contribution >= 0.6 is 0 Å².